The van der Waals surface area contributed by atoms with E-state index in [4.69, 9.17) is 0 Å². The molecular weight excluding hydrogens is 212 g/mol. The van der Waals surface area contributed by atoms with Crippen molar-refractivity contribution < 1.29 is 14.3 Å². The molecule has 2 atom stereocenters. The second-order valence-corrected chi connectivity index (χ2v) is 4.91. The van der Waals surface area contributed by atoms with Gasteiger partial charge < -0.3 is 4.74 Å². The second kappa shape index (κ2) is 7.74. The lowest BCUT2D eigenvalue weighted by molar-refractivity contribution is -0.148. The van der Waals surface area contributed by atoms with Crippen LogP contribution in [0.25, 0.3) is 0 Å². The van der Waals surface area contributed by atoms with E-state index in [-0.39, 0.29) is 5.78 Å². The van der Waals surface area contributed by atoms with Crippen LogP contribution in [0.3, 0.4) is 0 Å². The summed E-state index contributed by atoms with van der Waals surface area (Å²) < 4.78 is 4.59. The molecule has 0 bridgehead atoms. The van der Waals surface area contributed by atoms with Crippen LogP contribution in [0, 0.1) is 5.92 Å². The highest BCUT2D eigenvalue weighted by Crippen LogP contribution is 2.17. The van der Waals surface area contributed by atoms with E-state index in [0.717, 1.165) is 6.42 Å². The zero-order valence-corrected chi connectivity index (χ0v) is 10.7. The van der Waals surface area contributed by atoms with Gasteiger partial charge in [0.25, 0.3) is 0 Å². The first kappa shape index (κ1) is 14.5. The number of methoxy groups -OCH3 is 1. The van der Waals surface area contributed by atoms with E-state index in [1.807, 2.05) is 6.92 Å². The molecule has 0 aromatic carbocycles. The van der Waals surface area contributed by atoms with E-state index in [9.17, 15) is 9.59 Å². The van der Waals surface area contributed by atoms with Gasteiger partial charge in [-0.15, -0.1) is 0 Å². The summed E-state index contributed by atoms with van der Waals surface area (Å²) in [5, 5.41) is 0.462. The molecule has 2 unspecified atom stereocenters. The zero-order valence-electron chi connectivity index (χ0n) is 9.91. The Morgan fingerprint density at radius 3 is 2.27 bits per heavy atom. The highest BCUT2D eigenvalue weighted by molar-refractivity contribution is 8.00. The lowest BCUT2D eigenvalue weighted by Gasteiger charge is -2.12. The van der Waals surface area contributed by atoms with Gasteiger partial charge in [0, 0.05) is 5.25 Å². The highest BCUT2D eigenvalue weighted by atomic mass is 32.2. The summed E-state index contributed by atoms with van der Waals surface area (Å²) in [7, 11) is 1.32. The number of carbonyl (C=O) groups excluding carboxylic acids is 2. The van der Waals surface area contributed by atoms with Crippen molar-refractivity contribution in [2.75, 3.05) is 12.9 Å². The summed E-state index contributed by atoms with van der Waals surface area (Å²) in [6.07, 6.45) is 1.56. The Hall–Kier alpha value is -0.510. The molecule has 0 aliphatic carbocycles. The van der Waals surface area contributed by atoms with Gasteiger partial charge in [0.15, 0.2) is 5.78 Å². The topological polar surface area (TPSA) is 43.4 Å². The average Bonchev–Trinajstić information content (AvgIpc) is 2.26. The van der Waals surface area contributed by atoms with Gasteiger partial charge >= 0.3 is 5.97 Å². The Bertz CT molecular complexity index is 216. The Balaban J connectivity index is 4.11. The minimum absolute atomic E-state index is 0.0188. The Kier molecular flexibility index (Phi) is 7.48. The van der Waals surface area contributed by atoms with Gasteiger partial charge in [-0.3, -0.25) is 9.59 Å². The third kappa shape index (κ3) is 5.21. The minimum Gasteiger partial charge on any atom is -0.468 e. The van der Waals surface area contributed by atoms with Crippen molar-refractivity contribution in [3.8, 4) is 0 Å². The van der Waals surface area contributed by atoms with Crippen LogP contribution in [0.15, 0.2) is 0 Å². The molecule has 0 rings (SSSR count). The Morgan fingerprint density at radius 2 is 1.87 bits per heavy atom. The first-order valence-corrected chi connectivity index (χ1v) is 6.33. The number of hydrogen-bond donors (Lipinski definition) is 0. The normalized spacial score (nSPS) is 14.4. The van der Waals surface area contributed by atoms with Crippen LogP contribution in [-0.4, -0.2) is 29.9 Å². The Labute approximate surface area is 95.9 Å². The highest BCUT2D eigenvalue weighted by Gasteiger charge is 2.25. The van der Waals surface area contributed by atoms with Crippen LogP contribution in [0.4, 0.5) is 0 Å². The lowest BCUT2D eigenvalue weighted by Crippen LogP contribution is -2.26. The molecule has 0 heterocycles. The molecule has 0 aromatic heterocycles. The van der Waals surface area contributed by atoms with Gasteiger partial charge in [0.1, 0.15) is 5.92 Å². The molecule has 0 aliphatic rings. The largest absolute Gasteiger partial charge is 0.468 e. The van der Waals surface area contributed by atoms with Gasteiger partial charge in [-0.2, -0.15) is 11.8 Å². The molecule has 0 saturated carbocycles. The van der Waals surface area contributed by atoms with Gasteiger partial charge in [-0.1, -0.05) is 20.8 Å². The maximum absolute atomic E-state index is 11.7. The molecule has 0 N–H and O–H groups in total. The number of Topliss-reactive ketones (excluding diaryl/α,β-unsaturated/α-hetero) is 1. The molecule has 0 spiro atoms. The zero-order chi connectivity index (χ0) is 11.8. The van der Waals surface area contributed by atoms with Crippen LogP contribution >= 0.6 is 11.8 Å². The third-order valence-electron chi connectivity index (χ3n) is 2.37. The van der Waals surface area contributed by atoms with Gasteiger partial charge in [0.05, 0.1) is 12.9 Å². The maximum atomic E-state index is 11.7. The molecule has 88 valence electrons. The third-order valence-corrected chi connectivity index (χ3v) is 3.72. The molecule has 0 radical (unpaired) electrons. The minimum atomic E-state index is -0.577. The number of carbonyl (C=O) groups is 2. The molecular formula is C11H20O3S. The monoisotopic (exact) mass is 232 g/mol. The molecule has 0 saturated heterocycles. The first-order valence-electron chi connectivity index (χ1n) is 5.28. The lowest BCUT2D eigenvalue weighted by atomic mass is 10.0. The summed E-state index contributed by atoms with van der Waals surface area (Å²) in [6, 6.07) is 0. The van der Waals surface area contributed by atoms with Gasteiger partial charge in [-0.05, 0) is 12.8 Å². The van der Waals surface area contributed by atoms with E-state index in [2.05, 4.69) is 18.6 Å². The van der Waals surface area contributed by atoms with Crippen LogP contribution in [0.5, 0.6) is 0 Å². The fourth-order valence-corrected chi connectivity index (χ4v) is 2.00. The van der Waals surface area contributed by atoms with Crippen molar-refractivity contribution in [1.29, 1.82) is 0 Å². The number of rotatable bonds is 7. The maximum Gasteiger partial charge on any atom is 0.316 e. The van der Waals surface area contributed by atoms with Crippen LogP contribution < -0.4 is 0 Å². The number of ketones is 1. The predicted molar refractivity (Wildman–Crippen MR) is 63.0 cm³/mol. The molecule has 4 heteroatoms. The SMILES string of the molecule is CCC(C)SCC(=O)C(CC)C(=O)OC. The molecule has 15 heavy (non-hydrogen) atoms. The van der Waals surface area contributed by atoms with Crippen molar-refractivity contribution in [3.05, 3.63) is 0 Å². The van der Waals surface area contributed by atoms with Gasteiger partial charge in [0.2, 0.25) is 0 Å². The van der Waals surface area contributed by atoms with E-state index in [1.165, 1.54) is 7.11 Å². The summed E-state index contributed by atoms with van der Waals surface area (Å²) in [5.74, 6) is -0.601. The number of ether oxygens (including phenoxy) is 1. The van der Waals surface area contributed by atoms with Crippen molar-refractivity contribution in [2.45, 2.75) is 38.9 Å². The summed E-state index contributed by atoms with van der Waals surface area (Å²) >= 11 is 1.60. The van der Waals surface area contributed by atoms with Crippen LogP contribution in [0.2, 0.25) is 0 Å². The average molecular weight is 232 g/mol. The smallest absolute Gasteiger partial charge is 0.316 e. The van der Waals surface area contributed by atoms with Crippen molar-refractivity contribution >= 4 is 23.5 Å². The van der Waals surface area contributed by atoms with E-state index in [1.54, 1.807) is 11.8 Å². The van der Waals surface area contributed by atoms with E-state index >= 15 is 0 Å². The summed E-state index contributed by atoms with van der Waals surface area (Å²) in [5.41, 5.74) is 0. The van der Waals surface area contributed by atoms with Crippen LogP contribution in [0.1, 0.15) is 33.6 Å². The summed E-state index contributed by atoms with van der Waals surface area (Å²) in [6.45, 7) is 5.99. The molecule has 0 aromatic rings. The molecule has 3 nitrogen and oxygen atoms in total. The second-order valence-electron chi connectivity index (χ2n) is 3.48. The molecule has 0 fully saturated rings. The Morgan fingerprint density at radius 1 is 1.27 bits per heavy atom. The number of thioether (sulfide) groups is 1. The summed E-state index contributed by atoms with van der Waals surface area (Å²) in [4.78, 5) is 22.9. The molecule has 0 amide bonds. The van der Waals surface area contributed by atoms with E-state index < -0.39 is 11.9 Å². The fourth-order valence-electron chi connectivity index (χ4n) is 1.11. The molecule has 0 aliphatic heterocycles. The van der Waals surface area contributed by atoms with E-state index in [0.29, 0.717) is 17.4 Å². The fraction of sp³-hybridized carbons (Fsp3) is 0.818. The quantitative estimate of drug-likeness (QED) is 0.499. The van der Waals surface area contributed by atoms with Crippen molar-refractivity contribution in [2.24, 2.45) is 5.92 Å². The number of esters is 1. The predicted octanol–water partition coefficient (Wildman–Crippen LogP) is 2.29. The number of hydrogen-bond acceptors (Lipinski definition) is 4. The van der Waals surface area contributed by atoms with Gasteiger partial charge in [-0.25, -0.2) is 0 Å². The first-order chi connectivity index (χ1) is 7.06. The van der Waals surface area contributed by atoms with Crippen molar-refractivity contribution in [1.82, 2.24) is 0 Å². The standard InChI is InChI=1S/C11H20O3S/c1-5-8(3)15-7-10(12)9(6-2)11(13)14-4/h8-9H,5-7H2,1-4H3. The van der Waals surface area contributed by atoms with Crippen LogP contribution in [-0.2, 0) is 14.3 Å². The van der Waals surface area contributed by atoms with Crippen molar-refractivity contribution in [3.63, 3.8) is 0 Å².